The van der Waals surface area contributed by atoms with Crippen molar-refractivity contribution in [3.63, 3.8) is 0 Å². The Morgan fingerprint density at radius 3 is 2.43 bits per heavy atom. The predicted octanol–water partition coefficient (Wildman–Crippen LogP) is 2.78. The molecule has 0 aliphatic heterocycles. The number of para-hydroxylation sites is 1. The van der Waals surface area contributed by atoms with Crippen LogP contribution in [0, 0.1) is 6.92 Å². The number of nitrogens with one attached hydrogen (secondary N) is 1. The Bertz CT molecular complexity index is 608. The summed E-state index contributed by atoms with van der Waals surface area (Å²) in [6.07, 6.45) is 0. The monoisotopic (exact) mass is 284 g/mol. The Kier molecular flexibility index (Phi) is 4.95. The van der Waals surface area contributed by atoms with Gasteiger partial charge in [-0.05, 0) is 29.7 Å². The molecule has 2 rings (SSSR count). The van der Waals surface area contributed by atoms with E-state index in [2.05, 4.69) is 5.32 Å². The molecule has 0 heterocycles. The second-order valence-corrected chi connectivity index (χ2v) is 4.97. The molecule has 0 spiro atoms. The summed E-state index contributed by atoms with van der Waals surface area (Å²) in [6, 6.07) is 14.9. The zero-order valence-electron chi connectivity index (χ0n) is 12.3. The maximum atomic E-state index is 11.8. The number of hydrogen-bond acceptors (Lipinski definition) is 3. The van der Waals surface area contributed by atoms with E-state index >= 15 is 0 Å². The number of carbonyl (C=O) groups excluding carboxylic acids is 1. The Morgan fingerprint density at radius 1 is 1.19 bits per heavy atom. The van der Waals surface area contributed by atoms with Crippen LogP contribution in [0.4, 0.5) is 5.69 Å². The lowest BCUT2D eigenvalue weighted by atomic mass is 10.0. The number of carbonyl (C=O) groups is 1. The lowest BCUT2D eigenvalue weighted by Crippen LogP contribution is -2.28. The third-order valence-electron chi connectivity index (χ3n) is 3.35. The zero-order valence-corrected chi connectivity index (χ0v) is 12.3. The van der Waals surface area contributed by atoms with Gasteiger partial charge in [-0.1, -0.05) is 42.5 Å². The molecule has 0 aliphatic rings. The zero-order chi connectivity index (χ0) is 15.2. The van der Waals surface area contributed by atoms with Gasteiger partial charge in [0.05, 0.1) is 6.61 Å². The van der Waals surface area contributed by atoms with Crippen LogP contribution in [0.5, 0.6) is 0 Å². The molecule has 3 N–H and O–H groups in total. The van der Waals surface area contributed by atoms with Crippen LogP contribution in [0.25, 0.3) is 0 Å². The Labute approximate surface area is 124 Å². The van der Waals surface area contributed by atoms with Crippen LogP contribution in [-0.4, -0.2) is 13.0 Å². The SMILES string of the molecule is COCc1ccc(C(Nc2ccccc2C)C(N)=O)cc1. The maximum absolute atomic E-state index is 11.8. The number of aryl methyl sites for hydroxylation is 1. The molecular weight excluding hydrogens is 264 g/mol. The molecule has 110 valence electrons. The molecule has 0 radical (unpaired) electrons. The van der Waals surface area contributed by atoms with Crippen molar-refractivity contribution in [2.75, 3.05) is 12.4 Å². The van der Waals surface area contributed by atoms with E-state index in [1.54, 1.807) is 7.11 Å². The third-order valence-corrected chi connectivity index (χ3v) is 3.35. The molecule has 0 bridgehead atoms. The van der Waals surface area contributed by atoms with Crippen molar-refractivity contribution in [3.05, 3.63) is 65.2 Å². The predicted molar refractivity (Wildman–Crippen MR) is 83.9 cm³/mol. The number of methoxy groups -OCH3 is 1. The van der Waals surface area contributed by atoms with Gasteiger partial charge in [-0.3, -0.25) is 4.79 Å². The molecule has 1 atom stereocenters. The number of benzene rings is 2. The molecule has 2 aromatic rings. The van der Waals surface area contributed by atoms with Gasteiger partial charge in [0, 0.05) is 12.8 Å². The second-order valence-electron chi connectivity index (χ2n) is 4.97. The number of rotatable bonds is 6. The summed E-state index contributed by atoms with van der Waals surface area (Å²) in [4.78, 5) is 11.8. The van der Waals surface area contributed by atoms with Crippen LogP contribution in [0.3, 0.4) is 0 Å². The first-order valence-electron chi connectivity index (χ1n) is 6.81. The first kappa shape index (κ1) is 15.1. The third kappa shape index (κ3) is 3.83. The molecular formula is C17H20N2O2. The minimum Gasteiger partial charge on any atom is -0.380 e. The van der Waals surface area contributed by atoms with Gasteiger partial charge in [0.1, 0.15) is 6.04 Å². The summed E-state index contributed by atoms with van der Waals surface area (Å²) in [5, 5.41) is 3.21. The van der Waals surface area contributed by atoms with Crippen molar-refractivity contribution in [1.82, 2.24) is 0 Å². The molecule has 4 heteroatoms. The van der Waals surface area contributed by atoms with E-state index in [9.17, 15) is 4.79 Å². The normalized spacial score (nSPS) is 11.9. The van der Waals surface area contributed by atoms with E-state index in [1.165, 1.54) is 0 Å². The minimum atomic E-state index is -0.553. The van der Waals surface area contributed by atoms with Crippen molar-refractivity contribution in [1.29, 1.82) is 0 Å². The summed E-state index contributed by atoms with van der Waals surface area (Å²) in [6.45, 7) is 2.54. The molecule has 0 fully saturated rings. The summed E-state index contributed by atoms with van der Waals surface area (Å²) in [5.74, 6) is -0.405. The average Bonchev–Trinajstić information content (AvgIpc) is 2.47. The van der Waals surface area contributed by atoms with Gasteiger partial charge in [-0.2, -0.15) is 0 Å². The van der Waals surface area contributed by atoms with Crippen LogP contribution in [0.1, 0.15) is 22.7 Å². The minimum absolute atomic E-state index is 0.405. The van der Waals surface area contributed by atoms with Gasteiger partial charge in [0.15, 0.2) is 0 Å². The van der Waals surface area contributed by atoms with E-state index < -0.39 is 11.9 Å². The van der Waals surface area contributed by atoms with E-state index in [0.29, 0.717) is 6.61 Å². The smallest absolute Gasteiger partial charge is 0.244 e. The van der Waals surface area contributed by atoms with Gasteiger partial charge in [0.2, 0.25) is 5.91 Å². The standard InChI is InChI=1S/C17H20N2O2/c1-12-5-3-4-6-15(12)19-16(17(18)20)14-9-7-13(8-10-14)11-21-2/h3-10,16,19H,11H2,1-2H3,(H2,18,20). The molecule has 21 heavy (non-hydrogen) atoms. The van der Waals surface area contributed by atoms with Gasteiger partial charge in [-0.15, -0.1) is 0 Å². The van der Waals surface area contributed by atoms with Crippen molar-refractivity contribution >= 4 is 11.6 Å². The maximum Gasteiger partial charge on any atom is 0.244 e. The highest BCUT2D eigenvalue weighted by Gasteiger charge is 2.18. The fourth-order valence-corrected chi connectivity index (χ4v) is 2.18. The number of nitrogens with two attached hydrogens (primary N) is 1. The molecule has 0 aromatic heterocycles. The van der Waals surface area contributed by atoms with Crippen molar-refractivity contribution < 1.29 is 9.53 Å². The van der Waals surface area contributed by atoms with Crippen LogP contribution in [0.15, 0.2) is 48.5 Å². The topological polar surface area (TPSA) is 64.3 Å². The fraction of sp³-hybridized carbons (Fsp3) is 0.235. The highest BCUT2D eigenvalue weighted by molar-refractivity contribution is 5.84. The van der Waals surface area contributed by atoms with Crippen LogP contribution in [0.2, 0.25) is 0 Å². The Hall–Kier alpha value is -2.33. The van der Waals surface area contributed by atoms with E-state index in [-0.39, 0.29) is 0 Å². The van der Waals surface area contributed by atoms with Crippen molar-refractivity contribution in [3.8, 4) is 0 Å². The number of amides is 1. The number of ether oxygens (including phenoxy) is 1. The average molecular weight is 284 g/mol. The first-order chi connectivity index (χ1) is 10.1. The molecule has 0 saturated heterocycles. The van der Waals surface area contributed by atoms with E-state index in [4.69, 9.17) is 10.5 Å². The highest BCUT2D eigenvalue weighted by Crippen LogP contribution is 2.22. The van der Waals surface area contributed by atoms with Crippen molar-refractivity contribution in [2.24, 2.45) is 5.73 Å². The van der Waals surface area contributed by atoms with Crippen LogP contribution < -0.4 is 11.1 Å². The summed E-state index contributed by atoms with van der Waals surface area (Å²) in [5.41, 5.74) is 9.41. The largest absolute Gasteiger partial charge is 0.380 e. The van der Waals surface area contributed by atoms with Gasteiger partial charge >= 0.3 is 0 Å². The Balaban J connectivity index is 2.23. The Morgan fingerprint density at radius 2 is 1.86 bits per heavy atom. The first-order valence-corrected chi connectivity index (χ1v) is 6.81. The van der Waals surface area contributed by atoms with Gasteiger partial charge < -0.3 is 15.8 Å². The lowest BCUT2D eigenvalue weighted by Gasteiger charge is -2.19. The van der Waals surface area contributed by atoms with Gasteiger partial charge in [0.25, 0.3) is 0 Å². The van der Waals surface area contributed by atoms with E-state index in [0.717, 1.165) is 22.4 Å². The molecule has 0 aliphatic carbocycles. The molecule has 1 amide bonds. The highest BCUT2D eigenvalue weighted by atomic mass is 16.5. The molecule has 1 unspecified atom stereocenters. The molecule has 4 nitrogen and oxygen atoms in total. The number of primary amides is 1. The fourth-order valence-electron chi connectivity index (χ4n) is 2.18. The number of anilines is 1. The molecule has 0 saturated carbocycles. The van der Waals surface area contributed by atoms with Crippen LogP contribution in [-0.2, 0) is 16.1 Å². The number of hydrogen-bond donors (Lipinski definition) is 2. The second kappa shape index (κ2) is 6.90. The molecule has 2 aromatic carbocycles. The van der Waals surface area contributed by atoms with E-state index in [1.807, 2.05) is 55.5 Å². The lowest BCUT2D eigenvalue weighted by molar-refractivity contribution is -0.118. The van der Waals surface area contributed by atoms with Gasteiger partial charge in [-0.25, -0.2) is 0 Å². The summed E-state index contributed by atoms with van der Waals surface area (Å²) < 4.78 is 5.08. The van der Waals surface area contributed by atoms with Crippen LogP contribution >= 0.6 is 0 Å². The quantitative estimate of drug-likeness (QED) is 0.857. The summed E-state index contributed by atoms with van der Waals surface area (Å²) in [7, 11) is 1.65. The van der Waals surface area contributed by atoms with Crippen molar-refractivity contribution in [2.45, 2.75) is 19.6 Å². The summed E-state index contributed by atoms with van der Waals surface area (Å²) >= 11 is 0.